The molecule has 1 unspecified atom stereocenters. The molecule has 0 bridgehead atoms. The van der Waals surface area contributed by atoms with E-state index in [9.17, 15) is 0 Å². The maximum Gasteiger partial charge on any atom is 0.139 e. The van der Waals surface area contributed by atoms with E-state index in [1.807, 2.05) is 25.2 Å². The zero-order valence-electron chi connectivity index (χ0n) is 12.2. The largest absolute Gasteiger partial charge is 0.487 e. The number of hydrogen-bond donors (Lipinski definition) is 1. The predicted octanol–water partition coefficient (Wildman–Crippen LogP) is 5.00. The molecule has 1 N–H and O–H groups in total. The second-order valence-corrected chi connectivity index (χ2v) is 6.39. The standard InChI is InChI=1S/C17H19BrClNO/c1-12(10-20-2)14-5-3-13(4-6-14)11-21-17-9-15(18)7-8-16(17)19/h3-9,12,20H,10-11H2,1-2H3. The zero-order valence-corrected chi connectivity index (χ0v) is 14.5. The SMILES string of the molecule is CNCC(C)c1ccc(COc2cc(Br)ccc2Cl)cc1. The maximum absolute atomic E-state index is 6.11. The first-order chi connectivity index (χ1) is 10.1. The van der Waals surface area contributed by atoms with Crippen LogP contribution in [-0.4, -0.2) is 13.6 Å². The number of rotatable bonds is 6. The van der Waals surface area contributed by atoms with Crippen LogP contribution in [0.1, 0.15) is 24.0 Å². The third-order valence-electron chi connectivity index (χ3n) is 3.35. The molecule has 0 amide bonds. The first-order valence-electron chi connectivity index (χ1n) is 6.91. The van der Waals surface area contributed by atoms with E-state index in [4.69, 9.17) is 16.3 Å². The lowest BCUT2D eigenvalue weighted by molar-refractivity contribution is 0.306. The van der Waals surface area contributed by atoms with Crippen LogP contribution in [-0.2, 0) is 6.61 Å². The molecule has 0 saturated heterocycles. The quantitative estimate of drug-likeness (QED) is 0.774. The molecule has 0 heterocycles. The van der Waals surface area contributed by atoms with Crippen LogP contribution in [0.3, 0.4) is 0 Å². The van der Waals surface area contributed by atoms with Crippen molar-refractivity contribution in [3.63, 3.8) is 0 Å². The Bertz CT molecular complexity index is 586. The van der Waals surface area contributed by atoms with Gasteiger partial charge in [0.05, 0.1) is 5.02 Å². The van der Waals surface area contributed by atoms with Crippen LogP contribution in [0.2, 0.25) is 5.02 Å². The van der Waals surface area contributed by atoms with Gasteiger partial charge < -0.3 is 10.1 Å². The molecule has 1 atom stereocenters. The molecule has 2 nitrogen and oxygen atoms in total. The van der Waals surface area contributed by atoms with E-state index in [0.717, 1.165) is 16.6 Å². The first kappa shape index (κ1) is 16.3. The van der Waals surface area contributed by atoms with Crippen LogP contribution in [0.15, 0.2) is 46.9 Å². The maximum atomic E-state index is 6.11. The molecule has 112 valence electrons. The molecule has 21 heavy (non-hydrogen) atoms. The highest BCUT2D eigenvalue weighted by Crippen LogP contribution is 2.28. The highest BCUT2D eigenvalue weighted by Gasteiger charge is 2.05. The average molecular weight is 369 g/mol. The Morgan fingerprint density at radius 2 is 1.90 bits per heavy atom. The molecule has 2 aromatic rings. The number of hydrogen-bond acceptors (Lipinski definition) is 2. The molecule has 0 fully saturated rings. The summed E-state index contributed by atoms with van der Waals surface area (Å²) >= 11 is 9.53. The van der Waals surface area contributed by atoms with Crippen LogP contribution in [0, 0.1) is 0 Å². The van der Waals surface area contributed by atoms with Crippen LogP contribution in [0.5, 0.6) is 5.75 Å². The monoisotopic (exact) mass is 367 g/mol. The summed E-state index contributed by atoms with van der Waals surface area (Å²) in [5.41, 5.74) is 2.46. The van der Waals surface area contributed by atoms with Crippen molar-refractivity contribution in [1.29, 1.82) is 0 Å². The fraction of sp³-hybridized carbons (Fsp3) is 0.294. The van der Waals surface area contributed by atoms with Crippen LogP contribution in [0.4, 0.5) is 0 Å². The minimum Gasteiger partial charge on any atom is -0.487 e. The lowest BCUT2D eigenvalue weighted by atomic mass is 10.00. The van der Waals surface area contributed by atoms with E-state index < -0.39 is 0 Å². The molecular formula is C17H19BrClNO. The van der Waals surface area contributed by atoms with E-state index in [2.05, 4.69) is 52.4 Å². The smallest absolute Gasteiger partial charge is 0.139 e. The molecule has 0 radical (unpaired) electrons. The molecular weight excluding hydrogens is 350 g/mol. The first-order valence-corrected chi connectivity index (χ1v) is 8.08. The van der Waals surface area contributed by atoms with E-state index in [0.29, 0.717) is 23.3 Å². The van der Waals surface area contributed by atoms with Crippen molar-refractivity contribution >= 4 is 27.5 Å². The van der Waals surface area contributed by atoms with Crippen molar-refractivity contribution < 1.29 is 4.74 Å². The van der Waals surface area contributed by atoms with Gasteiger partial charge in [-0.15, -0.1) is 0 Å². The topological polar surface area (TPSA) is 21.3 Å². The summed E-state index contributed by atoms with van der Waals surface area (Å²) in [5, 5.41) is 3.82. The van der Waals surface area contributed by atoms with Gasteiger partial charge in [-0.25, -0.2) is 0 Å². The summed E-state index contributed by atoms with van der Waals surface area (Å²) in [7, 11) is 1.97. The zero-order chi connectivity index (χ0) is 15.2. The van der Waals surface area contributed by atoms with Crippen molar-refractivity contribution in [3.05, 3.63) is 63.1 Å². The summed E-state index contributed by atoms with van der Waals surface area (Å²) in [5.74, 6) is 1.20. The minimum atomic E-state index is 0.504. The van der Waals surface area contributed by atoms with Gasteiger partial charge in [0.2, 0.25) is 0 Å². The summed E-state index contributed by atoms with van der Waals surface area (Å²) in [4.78, 5) is 0. The van der Waals surface area contributed by atoms with Gasteiger partial charge in [-0.05, 0) is 42.3 Å². The molecule has 2 aromatic carbocycles. The van der Waals surface area contributed by atoms with Crippen molar-refractivity contribution in [3.8, 4) is 5.75 Å². The molecule has 2 rings (SSSR count). The highest BCUT2D eigenvalue weighted by molar-refractivity contribution is 9.10. The second kappa shape index (κ2) is 7.83. The summed E-state index contributed by atoms with van der Waals surface area (Å²) in [6.07, 6.45) is 0. The van der Waals surface area contributed by atoms with Gasteiger partial charge in [-0.3, -0.25) is 0 Å². The van der Waals surface area contributed by atoms with Gasteiger partial charge in [-0.1, -0.05) is 58.7 Å². The van der Waals surface area contributed by atoms with E-state index in [1.54, 1.807) is 0 Å². The highest BCUT2D eigenvalue weighted by atomic mass is 79.9. The molecule has 0 aliphatic carbocycles. The molecule has 0 aliphatic heterocycles. The van der Waals surface area contributed by atoms with Gasteiger partial charge in [0.15, 0.2) is 0 Å². The number of halogens is 2. The second-order valence-electron chi connectivity index (χ2n) is 5.06. The Morgan fingerprint density at radius 1 is 1.19 bits per heavy atom. The van der Waals surface area contributed by atoms with E-state index in [1.165, 1.54) is 5.56 Å². The van der Waals surface area contributed by atoms with Crippen molar-refractivity contribution in [2.75, 3.05) is 13.6 Å². The van der Waals surface area contributed by atoms with Crippen molar-refractivity contribution in [1.82, 2.24) is 5.32 Å². The summed E-state index contributed by atoms with van der Waals surface area (Å²) in [6, 6.07) is 14.1. The van der Waals surface area contributed by atoms with Crippen molar-refractivity contribution in [2.24, 2.45) is 0 Å². The third-order valence-corrected chi connectivity index (χ3v) is 4.15. The lowest BCUT2D eigenvalue weighted by Gasteiger charge is -2.12. The van der Waals surface area contributed by atoms with Crippen LogP contribution >= 0.6 is 27.5 Å². The Kier molecular flexibility index (Phi) is 6.09. The summed E-state index contributed by atoms with van der Waals surface area (Å²) < 4.78 is 6.73. The number of ether oxygens (including phenoxy) is 1. The molecule has 0 saturated carbocycles. The Hall–Kier alpha value is -1.03. The van der Waals surface area contributed by atoms with Crippen LogP contribution in [0.25, 0.3) is 0 Å². The van der Waals surface area contributed by atoms with Gasteiger partial charge in [0, 0.05) is 11.0 Å². The van der Waals surface area contributed by atoms with Gasteiger partial charge >= 0.3 is 0 Å². The fourth-order valence-electron chi connectivity index (χ4n) is 2.12. The molecule has 4 heteroatoms. The third kappa shape index (κ3) is 4.73. The minimum absolute atomic E-state index is 0.504. The Morgan fingerprint density at radius 3 is 2.57 bits per heavy atom. The Balaban J connectivity index is 1.99. The molecule has 0 spiro atoms. The number of nitrogens with one attached hydrogen (secondary N) is 1. The van der Waals surface area contributed by atoms with Crippen LogP contribution < -0.4 is 10.1 Å². The van der Waals surface area contributed by atoms with Gasteiger partial charge in [0.1, 0.15) is 12.4 Å². The average Bonchev–Trinajstić information content (AvgIpc) is 2.49. The Labute approximate surface area is 139 Å². The van der Waals surface area contributed by atoms with Gasteiger partial charge in [0.25, 0.3) is 0 Å². The fourth-order valence-corrected chi connectivity index (χ4v) is 2.63. The van der Waals surface area contributed by atoms with E-state index >= 15 is 0 Å². The summed E-state index contributed by atoms with van der Waals surface area (Å²) in [6.45, 7) is 3.70. The van der Waals surface area contributed by atoms with Crippen molar-refractivity contribution in [2.45, 2.75) is 19.4 Å². The molecule has 0 aliphatic rings. The normalized spacial score (nSPS) is 12.2. The lowest BCUT2D eigenvalue weighted by Crippen LogP contribution is -2.14. The predicted molar refractivity (Wildman–Crippen MR) is 92.3 cm³/mol. The van der Waals surface area contributed by atoms with E-state index in [-0.39, 0.29) is 0 Å². The van der Waals surface area contributed by atoms with Gasteiger partial charge in [-0.2, -0.15) is 0 Å². The molecule has 0 aromatic heterocycles. The number of likely N-dealkylation sites (N-methyl/N-ethyl adjacent to an activating group) is 1. The number of benzene rings is 2.